The second-order valence-electron chi connectivity index (χ2n) is 6.84. The predicted molar refractivity (Wildman–Crippen MR) is 126 cm³/mol. The summed E-state index contributed by atoms with van der Waals surface area (Å²) in [4.78, 5) is 16.8. The molecular weight excluding hydrogens is 467 g/mol. The summed E-state index contributed by atoms with van der Waals surface area (Å²) in [5, 5.41) is 9.65. The van der Waals surface area contributed by atoms with E-state index in [0.29, 0.717) is 6.54 Å². The van der Waals surface area contributed by atoms with Crippen molar-refractivity contribution >= 4 is 41.5 Å². The van der Waals surface area contributed by atoms with Crippen molar-refractivity contribution in [3.63, 3.8) is 0 Å². The minimum absolute atomic E-state index is 0. The smallest absolute Gasteiger partial charge is 0.227 e. The van der Waals surface area contributed by atoms with Gasteiger partial charge in [0.05, 0.1) is 6.54 Å². The first kappa shape index (κ1) is 24.7. The van der Waals surface area contributed by atoms with Gasteiger partial charge in [-0.15, -0.1) is 24.0 Å². The highest BCUT2D eigenvalue weighted by molar-refractivity contribution is 14.0. The van der Waals surface area contributed by atoms with Gasteiger partial charge in [0.15, 0.2) is 5.96 Å². The van der Waals surface area contributed by atoms with E-state index >= 15 is 0 Å². The molecule has 28 heavy (non-hydrogen) atoms. The normalized spacial score (nSPS) is 14.0. The van der Waals surface area contributed by atoms with Crippen LogP contribution in [0.4, 0.5) is 5.69 Å². The Morgan fingerprint density at radius 1 is 1.21 bits per heavy atom. The van der Waals surface area contributed by atoms with E-state index in [-0.39, 0.29) is 35.8 Å². The number of hydrogen-bond acceptors (Lipinski definition) is 3. The molecule has 1 fully saturated rings. The molecule has 1 aromatic carbocycles. The zero-order chi connectivity index (χ0) is 19.3. The van der Waals surface area contributed by atoms with Crippen LogP contribution < -0.4 is 16.0 Å². The van der Waals surface area contributed by atoms with E-state index in [1.54, 1.807) is 0 Å². The van der Waals surface area contributed by atoms with E-state index in [4.69, 9.17) is 4.74 Å². The molecule has 2 rings (SSSR count). The Hall–Kier alpha value is -1.35. The summed E-state index contributed by atoms with van der Waals surface area (Å²) in [6, 6.07) is 7.95. The van der Waals surface area contributed by atoms with Gasteiger partial charge in [0, 0.05) is 37.9 Å². The highest BCUT2D eigenvalue weighted by Crippen LogP contribution is 2.27. The molecule has 1 saturated carbocycles. The first-order valence-corrected chi connectivity index (χ1v) is 10.2. The fourth-order valence-electron chi connectivity index (χ4n) is 2.85. The summed E-state index contributed by atoms with van der Waals surface area (Å²) < 4.78 is 5.35. The Labute approximate surface area is 186 Å². The minimum atomic E-state index is 0. The molecule has 1 aliphatic rings. The summed E-state index contributed by atoms with van der Waals surface area (Å²) in [6.45, 7) is 7.92. The first-order chi connectivity index (χ1) is 13.2. The van der Waals surface area contributed by atoms with Crippen molar-refractivity contribution < 1.29 is 9.53 Å². The summed E-state index contributed by atoms with van der Waals surface area (Å²) in [6.07, 6.45) is 5.28. The van der Waals surface area contributed by atoms with Crippen molar-refractivity contribution in [1.82, 2.24) is 10.6 Å². The number of nitrogens with one attached hydrogen (secondary N) is 3. The Morgan fingerprint density at radius 3 is 2.71 bits per heavy atom. The molecule has 0 unspecified atom stereocenters. The van der Waals surface area contributed by atoms with E-state index in [1.807, 2.05) is 31.2 Å². The molecule has 158 valence electrons. The zero-order valence-corrected chi connectivity index (χ0v) is 19.5. The largest absolute Gasteiger partial charge is 0.382 e. The molecule has 0 atom stereocenters. The Morgan fingerprint density at radius 2 is 2.04 bits per heavy atom. The number of halogens is 1. The predicted octanol–water partition coefficient (Wildman–Crippen LogP) is 3.92. The molecule has 0 aliphatic heterocycles. The summed E-state index contributed by atoms with van der Waals surface area (Å²) in [5.74, 6) is 1.15. The molecule has 0 aromatic heterocycles. The van der Waals surface area contributed by atoms with Crippen molar-refractivity contribution in [1.29, 1.82) is 0 Å². The van der Waals surface area contributed by atoms with Gasteiger partial charge in [-0.1, -0.05) is 18.6 Å². The average Bonchev–Trinajstić information content (AvgIpc) is 2.61. The van der Waals surface area contributed by atoms with Crippen molar-refractivity contribution in [2.24, 2.45) is 10.9 Å². The monoisotopic (exact) mass is 502 g/mol. The molecule has 0 bridgehead atoms. The van der Waals surface area contributed by atoms with Gasteiger partial charge in [-0.05, 0) is 57.2 Å². The Bertz CT molecular complexity index is 606. The molecule has 7 heteroatoms. The third-order valence-corrected chi connectivity index (χ3v) is 4.65. The number of nitrogens with zero attached hydrogens (tertiary/aromatic N) is 1. The van der Waals surface area contributed by atoms with Gasteiger partial charge in [-0.25, -0.2) is 4.99 Å². The number of amides is 1. The fraction of sp³-hybridized carbons (Fsp3) is 0.619. The maximum atomic E-state index is 12.1. The number of rotatable bonds is 11. The molecule has 0 saturated heterocycles. The maximum absolute atomic E-state index is 12.1. The maximum Gasteiger partial charge on any atom is 0.227 e. The van der Waals surface area contributed by atoms with Gasteiger partial charge in [-0.3, -0.25) is 4.79 Å². The number of unbranched alkanes of at least 4 members (excludes halogenated alkanes) is 1. The number of carbonyl (C=O) groups excluding carboxylic acids is 1. The van der Waals surface area contributed by atoms with Crippen LogP contribution in [0.25, 0.3) is 0 Å². The lowest BCUT2D eigenvalue weighted by Gasteiger charge is -2.24. The van der Waals surface area contributed by atoms with Crippen molar-refractivity contribution in [2.45, 2.75) is 52.5 Å². The zero-order valence-electron chi connectivity index (χ0n) is 17.1. The van der Waals surface area contributed by atoms with E-state index in [0.717, 1.165) is 69.2 Å². The van der Waals surface area contributed by atoms with Crippen LogP contribution in [-0.2, 0) is 16.1 Å². The molecule has 1 aromatic rings. The topological polar surface area (TPSA) is 74.8 Å². The van der Waals surface area contributed by atoms with E-state index in [9.17, 15) is 4.79 Å². The lowest BCUT2D eigenvalue weighted by atomic mass is 9.85. The standard InChI is InChI=1S/C21H34N4O2.HI/c1-3-22-21(23-13-5-6-14-27-4-2)24-16-17-9-7-12-19(15-17)25-20(26)18-10-8-11-18;/h7,9,12,15,18H,3-6,8,10-11,13-14,16H2,1-2H3,(H,25,26)(H2,22,23,24);1H. The number of anilines is 1. The van der Waals surface area contributed by atoms with Crippen LogP contribution in [0.5, 0.6) is 0 Å². The van der Waals surface area contributed by atoms with Gasteiger partial charge in [0.25, 0.3) is 0 Å². The van der Waals surface area contributed by atoms with Crippen molar-refractivity contribution in [3.8, 4) is 0 Å². The number of aliphatic imine (C=N–C) groups is 1. The van der Waals surface area contributed by atoms with Crippen LogP contribution in [-0.4, -0.2) is 38.2 Å². The van der Waals surface area contributed by atoms with Crippen LogP contribution in [0, 0.1) is 5.92 Å². The average molecular weight is 502 g/mol. The Kier molecular flexibility index (Phi) is 12.9. The number of guanidine groups is 1. The Balaban J connectivity index is 0.00000392. The van der Waals surface area contributed by atoms with E-state index < -0.39 is 0 Å². The van der Waals surface area contributed by atoms with Gasteiger partial charge in [0.1, 0.15) is 0 Å². The molecule has 0 radical (unpaired) electrons. The first-order valence-electron chi connectivity index (χ1n) is 10.2. The van der Waals surface area contributed by atoms with E-state index in [2.05, 4.69) is 27.9 Å². The van der Waals surface area contributed by atoms with Crippen molar-refractivity contribution in [2.75, 3.05) is 31.6 Å². The van der Waals surface area contributed by atoms with Crippen LogP contribution >= 0.6 is 24.0 Å². The number of carbonyl (C=O) groups is 1. The van der Waals surface area contributed by atoms with Crippen LogP contribution in [0.1, 0.15) is 51.5 Å². The second kappa shape index (κ2) is 14.6. The van der Waals surface area contributed by atoms with Crippen LogP contribution in [0.2, 0.25) is 0 Å². The molecule has 0 heterocycles. The lowest BCUT2D eigenvalue weighted by molar-refractivity contribution is -0.122. The summed E-state index contributed by atoms with van der Waals surface area (Å²) in [5.41, 5.74) is 1.93. The highest BCUT2D eigenvalue weighted by Gasteiger charge is 2.25. The quantitative estimate of drug-likeness (QED) is 0.186. The van der Waals surface area contributed by atoms with Gasteiger partial charge in [-0.2, -0.15) is 0 Å². The molecule has 3 N–H and O–H groups in total. The van der Waals surface area contributed by atoms with Gasteiger partial charge >= 0.3 is 0 Å². The number of ether oxygens (including phenoxy) is 1. The number of benzene rings is 1. The third kappa shape index (κ3) is 9.23. The van der Waals surface area contributed by atoms with Crippen LogP contribution in [0.15, 0.2) is 29.3 Å². The van der Waals surface area contributed by atoms with Crippen molar-refractivity contribution in [3.05, 3.63) is 29.8 Å². The molecule has 1 aliphatic carbocycles. The SMILES string of the molecule is CCNC(=NCc1cccc(NC(=O)C2CCC2)c1)NCCCCOCC.I. The highest BCUT2D eigenvalue weighted by atomic mass is 127. The lowest BCUT2D eigenvalue weighted by Crippen LogP contribution is -2.37. The van der Waals surface area contributed by atoms with Gasteiger partial charge < -0.3 is 20.7 Å². The molecule has 0 spiro atoms. The van der Waals surface area contributed by atoms with Gasteiger partial charge in [0.2, 0.25) is 5.91 Å². The van der Waals surface area contributed by atoms with Crippen LogP contribution in [0.3, 0.4) is 0 Å². The summed E-state index contributed by atoms with van der Waals surface area (Å²) >= 11 is 0. The second-order valence-corrected chi connectivity index (χ2v) is 6.84. The fourth-order valence-corrected chi connectivity index (χ4v) is 2.85. The molecule has 6 nitrogen and oxygen atoms in total. The summed E-state index contributed by atoms with van der Waals surface area (Å²) in [7, 11) is 0. The number of hydrogen-bond donors (Lipinski definition) is 3. The molecule has 1 amide bonds. The van der Waals surface area contributed by atoms with E-state index in [1.165, 1.54) is 6.42 Å². The third-order valence-electron chi connectivity index (χ3n) is 4.65. The minimum Gasteiger partial charge on any atom is -0.382 e. The molecular formula is C21H35IN4O2.